The summed E-state index contributed by atoms with van der Waals surface area (Å²) < 4.78 is 10.6. The molecule has 2 aromatic rings. The van der Waals surface area contributed by atoms with E-state index in [-0.39, 0.29) is 12.0 Å². The van der Waals surface area contributed by atoms with Crippen LogP contribution in [0.3, 0.4) is 0 Å². The van der Waals surface area contributed by atoms with Crippen LogP contribution in [0.4, 0.5) is 5.82 Å². The second-order valence-electron chi connectivity index (χ2n) is 5.72. The number of fused-ring (bicyclic) bond motifs is 1. The molecule has 0 spiro atoms. The second-order valence-corrected chi connectivity index (χ2v) is 6.72. The number of nitrogens with zero attached hydrogens (tertiary/aromatic N) is 2. The molecule has 0 bridgehead atoms. The highest BCUT2D eigenvalue weighted by atomic mass is 32.1. The van der Waals surface area contributed by atoms with E-state index in [0.717, 1.165) is 47.6 Å². The maximum Gasteiger partial charge on any atom is 0.261 e. The Balaban J connectivity index is 1.79. The molecule has 7 nitrogen and oxygen atoms in total. The summed E-state index contributed by atoms with van der Waals surface area (Å²) >= 11 is 1.39. The van der Waals surface area contributed by atoms with Gasteiger partial charge in [-0.1, -0.05) is 0 Å². The number of ether oxygens (including phenoxy) is 2. The van der Waals surface area contributed by atoms with Crippen molar-refractivity contribution in [2.24, 2.45) is 0 Å². The second kappa shape index (κ2) is 7.87. The summed E-state index contributed by atoms with van der Waals surface area (Å²) in [7, 11) is 1.61. The maximum absolute atomic E-state index is 12.3. The van der Waals surface area contributed by atoms with Crippen molar-refractivity contribution in [2.75, 3.05) is 38.7 Å². The minimum atomic E-state index is -0.0994. The van der Waals surface area contributed by atoms with E-state index in [1.807, 2.05) is 6.92 Å². The molecule has 0 aliphatic carbocycles. The summed E-state index contributed by atoms with van der Waals surface area (Å²) in [5, 5.41) is 7.12. The lowest BCUT2D eigenvalue weighted by Gasteiger charge is -2.12. The van der Waals surface area contributed by atoms with Gasteiger partial charge in [-0.2, -0.15) is 0 Å². The molecule has 3 rings (SSSR count). The zero-order chi connectivity index (χ0) is 16.9. The van der Waals surface area contributed by atoms with Crippen LogP contribution in [0.15, 0.2) is 6.33 Å². The van der Waals surface area contributed by atoms with Gasteiger partial charge in [-0.05, 0) is 25.3 Å². The standard InChI is InChI=1S/C16H22N4O3S/c1-10-12-14(18-8-11-4-3-6-23-11)19-9-20-16(12)24-13(10)15(21)17-5-7-22-2/h9,11H,3-8H2,1-2H3,(H,17,21)(H,18,19,20)/t11-/m1/s1. The molecule has 1 atom stereocenters. The highest BCUT2D eigenvalue weighted by molar-refractivity contribution is 7.20. The number of methoxy groups -OCH3 is 1. The molecule has 1 amide bonds. The molecule has 3 heterocycles. The van der Waals surface area contributed by atoms with Crippen molar-refractivity contribution in [1.29, 1.82) is 0 Å². The topological polar surface area (TPSA) is 85.4 Å². The van der Waals surface area contributed by atoms with Crippen molar-refractivity contribution >= 4 is 33.3 Å². The first-order valence-corrected chi connectivity index (χ1v) is 8.89. The monoisotopic (exact) mass is 350 g/mol. The van der Waals surface area contributed by atoms with Gasteiger partial charge in [-0.3, -0.25) is 4.79 Å². The first-order valence-electron chi connectivity index (χ1n) is 8.07. The van der Waals surface area contributed by atoms with E-state index in [9.17, 15) is 4.79 Å². The molecule has 1 saturated heterocycles. The van der Waals surface area contributed by atoms with Crippen LogP contribution < -0.4 is 10.6 Å². The van der Waals surface area contributed by atoms with Gasteiger partial charge in [0.15, 0.2) is 0 Å². The van der Waals surface area contributed by atoms with Crippen LogP contribution in [0.25, 0.3) is 10.2 Å². The van der Waals surface area contributed by atoms with Crippen molar-refractivity contribution < 1.29 is 14.3 Å². The smallest absolute Gasteiger partial charge is 0.261 e. The van der Waals surface area contributed by atoms with Crippen molar-refractivity contribution in [3.05, 3.63) is 16.8 Å². The Labute approximate surface area is 144 Å². The average molecular weight is 350 g/mol. The lowest BCUT2D eigenvalue weighted by molar-refractivity contribution is 0.0940. The van der Waals surface area contributed by atoms with E-state index < -0.39 is 0 Å². The van der Waals surface area contributed by atoms with Gasteiger partial charge in [0.25, 0.3) is 5.91 Å². The van der Waals surface area contributed by atoms with Gasteiger partial charge >= 0.3 is 0 Å². The van der Waals surface area contributed by atoms with Gasteiger partial charge in [0.1, 0.15) is 17.0 Å². The number of amides is 1. The number of aromatic nitrogens is 2. The van der Waals surface area contributed by atoms with Gasteiger partial charge in [-0.25, -0.2) is 9.97 Å². The lowest BCUT2D eigenvalue weighted by Crippen LogP contribution is -2.26. The van der Waals surface area contributed by atoms with E-state index in [1.54, 1.807) is 7.11 Å². The minimum Gasteiger partial charge on any atom is -0.383 e. The summed E-state index contributed by atoms with van der Waals surface area (Å²) in [6, 6.07) is 0. The van der Waals surface area contributed by atoms with Gasteiger partial charge in [-0.15, -0.1) is 11.3 Å². The Bertz CT molecular complexity index is 713. The van der Waals surface area contributed by atoms with Crippen molar-refractivity contribution in [3.63, 3.8) is 0 Å². The van der Waals surface area contributed by atoms with Crippen LogP contribution in [0, 0.1) is 6.92 Å². The van der Waals surface area contributed by atoms with Crippen LogP contribution in [-0.4, -0.2) is 55.4 Å². The van der Waals surface area contributed by atoms with Crippen LogP contribution in [-0.2, 0) is 9.47 Å². The first-order chi connectivity index (χ1) is 11.7. The van der Waals surface area contributed by atoms with Gasteiger partial charge in [0.05, 0.1) is 23.0 Å². The minimum absolute atomic E-state index is 0.0994. The molecule has 1 fully saturated rings. The Morgan fingerprint density at radius 3 is 3.12 bits per heavy atom. The molecule has 1 aliphatic rings. The first kappa shape index (κ1) is 17.1. The number of carbonyl (C=O) groups is 1. The van der Waals surface area contributed by atoms with Crippen molar-refractivity contribution in [1.82, 2.24) is 15.3 Å². The third-order valence-electron chi connectivity index (χ3n) is 4.05. The van der Waals surface area contributed by atoms with E-state index >= 15 is 0 Å². The van der Waals surface area contributed by atoms with E-state index in [4.69, 9.17) is 9.47 Å². The third kappa shape index (κ3) is 3.66. The average Bonchev–Trinajstić information content (AvgIpc) is 3.21. The zero-order valence-corrected chi connectivity index (χ0v) is 14.7. The Hall–Kier alpha value is -1.77. The number of aryl methyl sites for hydroxylation is 1. The highest BCUT2D eigenvalue weighted by Crippen LogP contribution is 2.33. The third-order valence-corrected chi connectivity index (χ3v) is 5.24. The van der Waals surface area contributed by atoms with Gasteiger partial charge < -0.3 is 20.1 Å². The Morgan fingerprint density at radius 1 is 1.50 bits per heavy atom. The SMILES string of the molecule is COCCNC(=O)c1sc2ncnc(NC[C@H]3CCCO3)c2c1C. The number of anilines is 1. The highest BCUT2D eigenvalue weighted by Gasteiger charge is 2.20. The van der Waals surface area contributed by atoms with Crippen molar-refractivity contribution in [2.45, 2.75) is 25.9 Å². The fourth-order valence-corrected chi connectivity index (χ4v) is 3.85. The molecule has 8 heteroatoms. The Morgan fingerprint density at radius 2 is 2.38 bits per heavy atom. The largest absolute Gasteiger partial charge is 0.383 e. The van der Waals surface area contributed by atoms with Crippen molar-refractivity contribution in [3.8, 4) is 0 Å². The number of hydrogen-bond acceptors (Lipinski definition) is 7. The molecule has 130 valence electrons. The molecule has 2 N–H and O–H groups in total. The van der Waals surface area contributed by atoms with Gasteiger partial charge in [0, 0.05) is 26.8 Å². The van der Waals surface area contributed by atoms with Gasteiger partial charge in [0.2, 0.25) is 0 Å². The number of nitrogens with one attached hydrogen (secondary N) is 2. The predicted octanol–water partition coefficient (Wildman–Crippen LogP) is 1.97. The molecule has 0 radical (unpaired) electrons. The maximum atomic E-state index is 12.3. The molecule has 1 aliphatic heterocycles. The number of hydrogen-bond donors (Lipinski definition) is 2. The van der Waals surface area contributed by atoms with Crippen LogP contribution in [0.5, 0.6) is 0 Å². The number of thiophene rings is 1. The molecule has 0 aromatic carbocycles. The molecule has 2 aromatic heterocycles. The summed E-state index contributed by atoms with van der Waals surface area (Å²) in [6.45, 7) is 4.46. The molecular formula is C16H22N4O3S. The predicted molar refractivity (Wildman–Crippen MR) is 93.8 cm³/mol. The van der Waals surface area contributed by atoms with Crippen LogP contribution >= 0.6 is 11.3 Å². The fraction of sp³-hybridized carbons (Fsp3) is 0.562. The van der Waals surface area contributed by atoms with Crippen LogP contribution in [0.1, 0.15) is 28.1 Å². The van der Waals surface area contributed by atoms with E-state index in [1.165, 1.54) is 17.7 Å². The molecular weight excluding hydrogens is 328 g/mol. The summed E-state index contributed by atoms with van der Waals surface area (Å²) in [6.07, 6.45) is 3.93. The number of carbonyl (C=O) groups excluding carboxylic acids is 1. The molecule has 24 heavy (non-hydrogen) atoms. The summed E-state index contributed by atoms with van der Waals surface area (Å²) in [4.78, 5) is 22.5. The lowest BCUT2D eigenvalue weighted by atomic mass is 10.2. The van der Waals surface area contributed by atoms with E-state index in [0.29, 0.717) is 18.0 Å². The quantitative estimate of drug-likeness (QED) is 0.743. The summed E-state index contributed by atoms with van der Waals surface area (Å²) in [5.74, 6) is 0.665. The van der Waals surface area contributed by atoms with E-state index in [2.05, 4.69) is 20.6 Å². The van der Waals surface area contributed by atoms with Crippen LogP contribution in [0.2, 0.25) is 0 Å². The number of rotatable bonds is 7. The molecule has 0 unspecified atom stereocenters. The molecule has 0 saturated carbocycles. The fourth-order valence-electron chi connectivity index (χ4n) is 2.78. The summed E-state index contributed by atoms with van der Waals surface area (Å²) in [5.41, 5.74) is 0.903. The normalized spacial score (nSPS) is 17.3. The zero-order valence-electron chi connectivity index (χ0n) is 13.9. The Kier molecular flexibility index (Phi) is 5.60.